The molecule has 0 aromatic carbocycles. The van der Waals surface area contributed by atoms with Crippen molar-refractivity contribution in [2.75, 3.05) is 6.61 Å². The van der Waals surface area contributed by atoms with Crippen molar-refractivity contribution < 1.29 is 13.6 Å². The van der Waals surface area contributed by atoms with Crippen molar-refractivity contribution in [2.45, 2.75) is 6.92 Å². The van der Waals surface area contributed by atoms with Crippen molar-refractivity contribution in [1.29, 1.82) is 0 Å². The van der Waals surface area contributed by atoms with Gasteiger partial charge in [-0.25, -0.2) is 4.57 Å². The number of hydrogen-bond acceptors (Lipinski definition) is 3. The molecule has 0 amide bonds. The molecular weight excluding hydrogens is 127 g/mol. The smallest absolute Gasteiger partial charge is 0.367 e. The maximum atomic E-state index is 10.3. The molecule has 48 valence electrons. The summed E-state index contributed by atoms with van der Waals surface area (Å²) in [5, 5.41) is 0. The highest BCUT2D eigenvalue weighted by molar-refractivity contribution is 7.33. The third-order valence-corrected chi connectivity index (χ3v) is 1.33. The fourth-order valence-electron chi connectivity index (χ4n) is 0.220. The molecule has 0 fully saturated rings. The molecule has 0 aliphatic carbocycles. The summed E-state index contributed by atoms with van der Waals surface area (Å²) in [5.74, 6) is 0. The number of hydrogen-bond donors (Lipinski definition) is 0. The predicted octanol–water partition coefficient (Wildman–Crippen LogP) is 1.57. The van der Waals surface area contributed by atoms with E-state index < -0.39 is 8.25 Å². The second-order valence-corrected chi connectivity index (χ2v) is 1.99. The third-order valence-electron chi connectivity index (χ3n) is 0.442. The van der Waals surface area contributed by atoms with Crippen LogP contribution >= 0.6 is 8.25 Å². The van der Waals surface area contributed by atoms with E-state index >= 15 is 0 Å². The Kier molecular flexibility index (Phi) is 4.71. The lowest BCUT2D eigenvalue weighted by molar-refractivity contribution is 0.286. The van der Waals surface area contributed by atoms with Crippen LogP contribution in [-0.2, 0) is 13.6 Å². The highest BCUT2D eigenvalue weighted by atomic mass is 31.1. The van der Waals surface area contributed by atoms with E-state index in [2.05, 4.69) is 15.6 Å². The van der Waals surface area contributed by atoms with E-state index in [9.17, 15) is 4.57 Å². The first kappa shape index (κ1) is 7.73. The predicted molar refractivity (Wildman–Crippen MR) is 31.9 cm³/mol. The average molecular weight is 136 g/mol. The molecule has 0 radical (unpaired) electrons. The Morgan fingerprint density at radius 3 is 2.88 bits per heavy atom. The van der Waals surface area contributed by atoms with Crippen LogP contribution in [0.5, 0.6) is 0 Å². The summed E-state index contributed by atoms with van der Waals surface area (Å²) in [4.78, 5) is 0. The van der Waals surface area contributed by atoms with Crippen molar-refractivity contribution in [2.24, 2.45) is 0 Å². The molecule has 0 aromatic rings. The van der Waals surface area contributed by atoms with E-state index in [1.54, 1.807) is 6.92 Å². The van der Waals surface area contributed by atoms with Gasteiger partial charge in [0.25, 0.3) is 0 Å². The van der Waals surface area contributed by atoms with Crippen LogP contribution in [0.4, 0.5) is 0 Å². The molecule has 0 saturated carbocycles. The molecule has 1 unspecified atom stereocenters. The van der Waals surface area contributed by atoms with E-state index in [0.29, 0.717) is 6.61 Å². The van der Waals surface area contributed by atoms with Gasteiger partial charge in [-0.3, -0.25) is 0 Å². The summed E-state index contributed by atoms with van der Waals surface area (Å²) in [5.41, 5.74) is 0. The summed E-state index contributed by atoms with van der Waals surface area (Å²) >= 11 is 0. The molecule has 0 spiro atoms. The normalized spacial score (nSPS) is 12.6. The highest BCUT2D eigenvalue weighted by Crippen LogP contribution is 2.22. The van der Waals surface area contributed by atoms with Crippen molar-refractivity contribution in [3.8, 4) is 0 Å². The Morgan fingerprint density at radius 1 is 1.88 bits per heavy atom. The summed E-state index contributed by atoms with van der Waals surface area (Å²) < 4.78 is 19.2. The van der Waals surface area contributed by atoms with Crippen LogP contribution in [-0.4, -0.2) is 6.61 Å². The zero-order valence-electron chi connectivity index (χ0n) is 4.72. The second kappa shape index (κ2) is 4.88. The summed E-state index contributed by atoms with van der Waals surface area (Å²) in [6.07, 6.45) is 1.11. The lowest BCUT2D eigenvalue weighted by Crippen LogP contribution is -1.76. The fraction of sp³-hybridized carbons (Fsp3) is 0.500. The molecule has 0 rings (SSSR count). The van der Waals surface area contributed by atoms with Gasteiger partial charge in [-0.05, 0) is 6.92 Å². The number of rotatable bonds is 4. The quantitative estimate of drug-likeness (QED) is 0.434. The Labute approximate surface area is 49.2 Å². The maximum absolute atomic E-state index is 10.3. The van der Waals surface area contributed by atoms with Gasteiger partial charge in [0, 0.05) is 0 Å². The maximum Gasteiger partial charge on any atom is 0.367 e. The average Bonchev–Trinajstić information content (AvgIpc) is 1.68. The highest BCUT2D eigenvalue weighted by Gasteiger charge is 1.89. The third kappa shape index (κ3) is 3.90. The first-order valence-electron chi connectivity index (χ1n) is 2.25. The molecule has 0 aliphatic heterocycles. The van der Waals surface area contributed by atoms with Crippen LogP contribution in [0.15, 0.2) is 12.8 Å². The van der Waals surface area contributed by atoms with Crippen LogP contribution in [0.3, 0.4) is 0 Å². The van der Waals surface area contributed by atoms with Crippen LogP contribution in [0.2, 0.25) is 0 Å². The molecule has 3 nitrogen and oxygen atoms in total. The van der Waals surface area contributed by atoms with Crippen molar-refractivity contribution >= 4 is 8.25 Å². The molecule has 0 aromatic heterocycles. The first-order valence-corrected chi connectivity index (χ1v) is 3.48. The Bertz CT molecular complexity index is 91.3. The standard InChI is InChI=1S/C4H9O3P/c1-3-6-8(5)7-4-2/h3,8H,1,4H2,2H3. The van der Waals surface area contributed by atoms with Gasteiger partial charge in [-0.2, -0.15) is 0 Å². The summed E-state index contributed by atoms with van der Waals surface area (Å²) in [6, 6.07) is 0. The molecule has 0 aliphatic rings. The van der Waals surface area contributed by atoms with Gasteiger partial charge in [-0.15, -0.1) is 0 Å². The fourth-order valence-corrected chi connectivity index (χ4v) is 0.660. The lowest BCUT2D eigenvalue weighted by atomic mass is 10.9. The van der Waals surface area contributed by atoms with Crippen LogP contribution in [0, 0.1) is 0 Å². The van der Waals surface area contributed by atoms with Crippen molar-refractivity contribution in [1.82, 2.24) is 0 Å². The lowest BCUT2D eigenvalue weighted by Gasteiger charge is -1.96. The largest absolute Gasteiger partial charge is 0.435 e. The first-order chi connectivity index (χ1) is 3.81. The Hall–Kier alpha value is -0.270. The van der Waals surface area contributed by atoms with E-state index in [4.69, 9.17) is 0 Å². The van der Waals surface area contributed by atoms with Crippen molar-refractivity contribution in [3.63, 3.8) is 0 Å². The molecule has 4 heteroatoms. The van der Waals surface area contributed by atoms with Gasteiger partial charge >= 0.3 is 8.25 Å². The molecule has 0 N–H and O–H groups in total. The topological polar surface area (TPSA) is 35.5 Å². The van der Waals surface area contributed by atoms with Gasteiger partial charge in [-0.1, -0.05) is 6.58 Å². The molecule has 0 heterocycles. The zero-order valence-corrected chi connectivity index (χ0v) is 5.72. The van der Waals surface area contributed by atoms with Crippen LogP contribution < -0.4 is 0 Å². The van der Waals surface area contributed by atoms with E-state index in [-0.39, 0.29) is 0 Å². The molecule has 1 atom stereocenters. The van der Waals surface area contributed by atoms with Crippen LogP contribution in [0.1, 0.15) is 6.92 Å². The Balaban J connectivity index is 3.18. The minimum absolute atomic E-state index is 0.408. The summed E-state index contributed by atoms with van der Waals surface area (Å²) in [6.45, 7) is 5.36. The van der Waals surface area contributed by atoms with Crippen molar-refractivity contribution in [3.05, 3.63) is 12.8 Å². The Morgan fingerprint density at radius 2 is 2.50 bits per heavy atom. The summed E-state index contributed by atoms with van der Waals surface area (Å²) in [7, 11) is -2.26. The molecule has 0 saturated heterocycles. The monoisotopic (exact) mass is 136 g/mol. The zero-order chi connectivity index (χ0) is 6.41. The van der Waals surface area contributed by atoms with Gasteiger partial charge in [0.05, 0.1) is 12.9 Å². The minimum Gasteiger partial charge on any atom is -0.435 e. The molecule has 8 heavy (non-hydrogen) atoms. The van der Waals surface area contributed by atoms with Gasteiger partial charge in [0.1, 0.15) is 0 Å². The molecular formula is C4H9O3P. The van der Waals surface area contributed by atoms with E-state index in [0.717, 1.165) is 6.26 Å². The molecule has 0 bridgehead atoms. The van der Waals surface area contributed by atoms with E-state index in [1.165, 1.54) is 0 Å². The van der Waals surface area contributed by atoms with Gasteiger partial charge in [0.15, 0.2) is 0 Å². The minimum atomic E-state index is -2.26. The van der Waals surface area contributed by atoms with E-state index in [1.807, 2.05) is 0 Å². The second-order valence-electron chi connectivity index (χ2n) is 0.968. The van der Waals surface area contributed by atoms with Gasteiger partial charge in [0.2, 0.25) is 0 Å². The SMILES string of the molecule is C=CO[PH](=O)OCC. The van der Waals surface area contributed by atoms with Gasteiger partial charge < -0.3 is 9.05 Å². The van der Waals surface area contributed by atoms with Crippen LogP contribution in [0.25, 0.3) is 0 Å².